The Labute approximate surface area is 267 Å². The van der Waals surface area contributed by atoms with Crippen molar-refractivity contribution in [3.05, 3.63) is 125 Å². The van der Waals surface area contributed by atoms with E-state index in [1.165, 1.54) is 18.4 Å². The monoisotopic (exact) mass is 686 g/mol. The Kier molecular flexibility index (Phi) is 10.3. The molecule has 1 fully saturated rings. The fourth-order valence-corrected chi connectivity index (χ4v) is 5.14. The first-order chi connectivity index (χ1) is 22.8. The molecule has 0 N–H and O–H groups in total. The molecule has 14 heteroatoms. The molecule has 0 atom stereocenters. The highest BCUT2D eigenvalue weighted by Gasteiger charge is 2.42. The van der Waals surface area contributed by atoms with Gasteiger partial charge in [0.15, 0.2) is 23.7 Å². The van der Waals surface area contributed by atoms with Crippen LogP contribution in [0.5, 0.6) is 5.75 Å². The molecule has 0 aliphatic carbocycles. The Morgan fingerprint density at radius 1 is 0.729 bits per heavy atom. The summed E-state index contributed by atoms with van der Waals surface area (Å²) in [5, 5.41) is 0. The van der Waals surface area contributed by atoms with E-state index >= 15 is 13.2 Å². The average Bonchev–Trinajstić information content (AvgIpc) is 3.01. The summed E-state index contributed by atoms with van der Waals surface area (Å²) in [6.07, 6.45) is -2.92. The van der Waals surface area contributed by atoms with Gasteiger partial charge in [0.1, 0.15) is 40.4 Å². The second-order valence-corrected chi connectivity index (χ2v) is 10.7. The lowest BCUT2D eigenvalue weighted by Gasteiger charge is -2.29. The topological polar surface area (TPSA) is 36.9 Å². The number of rotatable bonds is 11. The minimum absolute atomic E-state index is 0.0240. The minimum Gasteiger partial charge on any atom is -0.502 e. The molecule has 0 bridgehead atoms. The van der Waals surface area contributed by atoms with Gasteiger partial charge in [-0.1, -0.05) is 18.7 Å². The van der Waals surface area contributed by atoms with E-state index in [1.54, 1.807) is 0 Å². The molecule has 4 aromatic carbocycles. The Morgan fingerprint density at radius 3 is 1.88 bits per heavy atom. The van der Waals surface area contributed by atoms with Gasteiger partial charge < -0.3 is 18.9 Å². The predicted octanol–water partition coefficient (Wildman–Crippen LogP) is 9.86. The van der Waals surface area contributed by atoms with Crippen LogP contribution in [0, 0.1) is 52.5 Å². The van der Waals surface area contributed by atoms with Crippen molar-refractivity contribution in [2.24, 2.45) is 5.92 Å². The smallest absolute Gasteiger partial charge is 0.432 e. The Morgan fingerprint density at radius 2 is 1.31 bits per heavy atom. The lowest BCUT2D eigenvalue weighted by atomic mass is 9.96. The first kappa shape index (κ1) is 34.8. The van der Waals surface area contributed by atoms with Crippen LogP contribution in [0.4, 0.5) is 43.9 Å². The van der Waals surface area contributed by atoms with E-state index in [0.29, 0.717) is 37.5 Å². The molecule has 5 rings (SSSR count). The van der Waals surface area contributed by atoms with Crippen LogP contribution < -0.4 is 4.74 Å². The zero-order chi connectivity index (χ0) is 34.7. The molecule has 4 nitrogen and oxygen atoms in total. The highest BCUT2D eigenvalue weighted by atomic mass is 19.3. The summed E-state index contributed by atoms with van der Waals surface area (Å²) in [5.74, 6) is -14.8. The highest BCUT2D eigenvalue weighted by Crippen LogP contribution is 2.40. The van der Waals surface area contributed by atoms with E-state index in [4.69, 9.17) is 14.2 Å². The molecule has 48 heavy (non-hydrogen) atoms. The third-order valence-electron chi connectivity index (χ3n) is 7.40. The van der Waals surface area contributed by atoms with E-state index in [2.05, 4.69) is 11.3 Å². The number of halogens is 10. The number of benzene rings is 4. The molecule has 0 amide bonds. The summed E-state index contributed by atoms with van der Waals surface area (Å²) in [7, 11) is 0. The standard InChI is InChI=1S/C34H24F10O4/c1-2-45-7-3-4-17-15-46-33(47-16-17)18-5-6-22(23(35)8-18)19-9-24(36)30(25(37)10-19)20-11-26(38)31(27(39)12-20)34(43,44)48-21-13-28(40)32(42)29(41)14-21/h2,5-6,8-14,17,33H,1,3-4,7,15-16H2. The third-order valence-corrected chi connectivity index (χ3v) is 7.40. The van der Waals surface area contributed by atoms with Gasteiger partial charge in [0.2, 0.25) is 0 Å². The van der Waals surface area contributed by atoms with Crippen molar-refractivity contribution < 1.29 is 62.9 Å². The van der Waals surface area contributed by atoms with Crippen LogP contribution in [0.25, 0.3) is 22.3 Å². The summed E-state index contributed by atoms with van der Waals surface area (Å²) in [4.78, 5) is 0. The van der Waals surface area contributed by atoms with Crippen LogP contribution in [0.2, 0.25) is 0 Å². The zero-order valence-corrected chi connectivity index (χ0v) is 24.6. The summed E-state index contributed by atoms with van der Waals surface area (Å²) in [6.45, 7) is 4.66. The van der Waals surface area contributed by atoms with Crippen LogP contribution in [0.15, 0.2) is 67.4 Å². The second-order valence-electron chi connectivity index (χ2n) is 10.7. The SMILES string of the molecule is C=COCCCC1COC(c2ccc(-c3cc(F)c(-c4cc(F)c(C(F)(F)Oc5cc(F)c(F)c(F)c5)c(F)c4)c(F)c3)c(F)c2)OC1. The van der Waals surface area contributed by atoms with E-state index in [0.717, 1.165) is 18.9 Å². The Hall–Kier alpha value is -4.56. The quantitative estimate of drug-likeness (QED) is 0.0682. The van der Waals surface area contributed by atoms with Crippen LogP contribution in [0.1, 0.15) is 30.3 Å². The summed E-state index contributed by atoms with van der Waals surface area (Å²) in [6, 6.07) is 5.52. The number of hydrogen-bond acceptors (Lipinski definition) is 4. The second kappa shape index (κ2) is 14.3. The van der Waals surface area contributed by atoms with E-state index in [9.17, 15) is 30.7 Å². The van der Waals surface area contributed by atoms with Gasteiger partial charge in [0.25, 0.3) is 0 Å². The van der Waals surface area contributed by atoms with Crippen molar-refractivity contribution in [1.29, 1.82) is 0 Å². The average molecular weight is 687 g/mol. The van der Waals surface area contributed by atoms with Gasteiger partial charge in [-0.3, -0.25) is 0 Å². The van der Waals surface area contributed by atoms with Gasteiger partial charge in [-0.05, 0) is 54.3 Å². The molecule has 1 heterocycles. The Bertz CT molecular complexity index is 1750. The molecule has 1 aliphatic heterocycles. The summed E-state index contributed by atoms with van der Waals surface area (Å²) in [5.41, 5.74) is -4.15. The maximum Gasteiger partial charge on any atom is 0.432 e. The lowest BCUT2D eigenvalue weighted by molar-refractivity contribution is -0.206. The van der Waals surface area contributed by atoms with Crippen molar-refractivity contribution in [3.8, 4) is 28.0 Å². The van der Waals surface area contributed by atoms with Gasteiger partial charge >= 0.3 is 6.11 Å². The maximum atomic E-state index is 15.2. The fraction of sp³-hybridized carbons (Fsp3) is 0.235. The van der Waals surface area contributed by atoms with E-state index in [-0.39, 0.29) is 41.3 Å². The molecule has 4 aromatic rings. The molecular weight excluding hydrogens is 662 g/mol. The number of hydrogen-bond donors (Lipinski definition) is 0. The van der Waals surface area contributed by atoms with Gasteiger partial charge in [0.05, 0.1) is 31.6 Å². The molecule has 1 aliphatic rings. The largest absolute Gasteiger partial charge is 0.502 e. The van der Waals surface area contributed by atoms with Gasteiger partial charge in [-0.25, -0.2) is 35.1 Å². The van der Waals surface area contributed by atoms with E-state index < -0.39 is 81.4 Å². The predicted molar refractivity (Wildman–Crippen MR) is 151 cm³/mol. The lowest BCUT2D eigenvalue weighted by Crippen LogP contribution is -2.27. The third kappa shape index (κ3) is 7.44. The van der Waals surface area contributed by atoms with E-state index in [1.807, 2.05) is 0 Å². The van der Waals surface area contributed by atoms with Gasteiger partial charge in [0, 0.05) is 29.2 Å². The molecule has 0 aromatic heterocycles. The normalized spacial score (nSPS) is 16.5. The van der Waals surface area contributed by atoms with Gasteiger partial charge in [-0.2, -0.15) is 8.78 Å². The van der Waals surface area contributed by atoms with Crippen molar-refractivity contribution >= 4 is 0 Å². The van der Waals surface area contributed by atoms with Crippen molar-refractivity contribution in [3.63, 3.8) is 0 Å². The maximum absolute atomic E-state index is 15.2. The fourth-order valence-electron chi connectivity index (χ4n) is 5.14. The molecule has 0 saturated carbocycles. The number of ether oxygens (including phenoxy) is 4. The summed E-state index contributed by atoms with van der Waals surface area (Å²) < 4.78 is 165. The molecule has 0 spiro atoms. The number of alkyl halides is 2. The minimum atomic E-state index is -4.91. The molecule has 0 radical (unpaired) electrons. The van der Waals surface area contributed by atoms with Crippen LogP contribution >= 0.6 is 0 Å². The molecule has 0 unspecified atom stereocenters. The van der Waals surface area contributed by atoms with Crippen molar-refractivity contribution in [1.82, 2.24) is 0 Å². The molecular formula is C34H24F10O4. The molecule has 254 valence electrons. The van der Waals surface area contributed by atoms with Crippen LogP contribution in [0.3, 0.4) is 0 Å². The zero-order valence-electron chi connectivity index (χ0n) is 24.6. The molecule has 1 saturated heterocycles. The summed E-state index contributed by atoms with van der Waals surface area (Å²) >= 11 is 0. The first-order valence-corrected chi connectivity index (χ1v) is 14.2. The Balaban J connectivity index is 1.34. The van der Waals surface area contributed by atoms with Gasteiger partial charge in [-0.15, -0.1) is 0 Å². The van der Waals surface area contributed by atoms with Crippen LogP contribution in [-0.4, -0.2) is 19.8 Å². The van der Waals surface area contributed by atoms with Crippen LogP contribution in [-0.2, 0) is 20.3 Å². The van der Waals surface area contributed by atoms with Crippen molar-refractivity contribution in [2.75, 3.05) is 19.8 Å². The van der Waals surface area contributed by atoms with Crippen molar-refractivity contribution in [2.45, 2.75) is 25.2 Å². The highest BCUT2D eigenvalue weighted by molar-refractivity contribution is 5.72. The first-order valence-electron chi connectivity index (χ1n) is 14.2.